The van der Waals surface area contributed by atoms with Crippen LogP contribution in [0.1, 0.15) is 18.5 Å². The van der Waals surface area contributed by atoms with Crippen LogP contribution in [0, 0.1) is 17.6 Å². The van der Waals surface area contributed by atoms with Crippen molar-refractivity contribution >= 4 is 5.97 Å². The van der Waals surface area contributed by atoms with Gasteiger partial charge in [-0.05, 0) is 32.3 Å². The van der Waals surface area contributed by atoms with E-state index in [-0.39, 0.29) is 5.56 Å². The highest BCUT2D eigenvalue weighted by Crippen LogP contribution is 2.29. The zero-order valence-electron chi connectivity index (χ0n) is 9.95. The third kappa shape index (κ3) is 3.00. The van der Waals surface area contributed by atoms with E-state index in [2.05, 4.69) is 0 Å². The van der Waals surface area contributed by atoms with Gasteiger partial charge >= 0.3 is 5.97 Å². The second-order valence-corrected chi connectivity index (χ2v) is 4.20. The van der Waals surface area contributed by atoms with Crippen LogP contribution in [-0.2, 0) is 4.79 Å². The summed E-state index contributed by atoms with van der Waals surface area (Å²) in [7, 11) is 3.27. The summed E-state index contributed by atoms with van der Waals surface area (Å²) in [6.45, 7) is 1.47. The Kier molecular flexibility index (Phi) is 4.17. The number of benzene rings is 1. The van der Waals surface area contributed by atoms with E-state index in [1.54, 1.807) is 19.0 Å². The van der Waals surface area contributed by atoms with Gasteiger partial charge in [-0.1, -0.05) is 6.92 Å². The van der Waals surface area contributed by atoms with Crippen molar-refractivity contribution in [1.29, 1.82) is 0 Å². The maximum atomic E-state index is 13.6. The van der Waals surface area contributed by atoms with Crippen molar-refractivity contribution < 1.29 is 18.7 Å². The highest BCUT2D eigenvalue weighted by molar-refractivity contribution is 5.70. The van der Waals surface area contributed by atoms with E-state index in [1.807, 2.05) is 0 Å². The van der Waals surface area contributed by atoms with Gasteiger partial charge < -0.3 is 10.0 Å². The average molecular weight is 243 g/mol. The molecular weight excluding hydrogens is 228 g/mol. The van der Waals surface area contributed by atoms with Gasteiger partial charge in [0, 0.05) is 5.56 Å². The molecule has 0 aliphatic rings. The molecule has 1 rings (SSSR count). The number of carboxylic acid groups (broad SMARTS) is 1. The molecule has 17 heavy (non-hydrogen) atoms. The van der Waals surface area contributed by atoms with Gasteiger partial charge in [-0.2, -0.15) is 0 Å². The molecule has 1 N–H and O–H groups in total. The fraction of sp³-hybridized carbons (Fsp3) is 0.417. The minimum Gasteiger partial charge on any atom is -0.481 e. The molecule has 0 amide bonds. The van der Waals surface area contributed by atoms with Gasteiger partial charge in [-0.3, -0.25) is 4.79 Å². The Morgan fingerprint density at radius 1 is 1.35 bits per heavy atom. The first kappa shape index (κ1) is 13.6. The first-order valence-electron chi connectivity index (χ1n) is 5.18. The van der Waals surface area contributed by atoms with Gasteiger partial charge in [-0.25, -0.2) is 8.78 Å². The lowest BCUT2D eigenvalue weighted by atomic mass is 9.93. The molecule has 1 aromatic carbocycles. The van der Waals surface area contributed by atoms with Crippen LogP contribution in [0.15, 0.2) is 18.2 Å². The molecule has 1 aromatic rings. The smallest absolute Gasteiger partial charge is 0.308 e. The second kappa shape index (κ2) is 5.23. The van der Waals surface area contributed by atoms with Gasteiger partial charge in [0.1, 0.15) is 11.6 Å². The lowest BCUT2D eigenvalue weighted by Gasteiger charge is -2.28. The van der Waals surface area contributed by atoms with Gasteiger partial charge in [0.25, 0.3) is 0 Å². The quantitative estimate of drug-likeness (QED) is 0.882. The first-order valence-corrected chi connectivity index (χ1v) is 5.18. The molecule has 0 fully saturated rings. The monoisotopic (exact) mass is 243 g/mol. The number of carbonyl (C=O) groups is 1. The average Bonchev–Trinajstić information content (AvgIpc) is 2.22. The van der Waals surface area contributed by atoms with E-state index >= 15 is 0 Å². The standard InChI is InChI=1S/C12H15F2NO2/c1-7(12(16)17)11(15(2)3)9-6-8(13)4-5-10(9)14/h4-7,11H,1-3H3,(H,16,17). The van der Waals surface area contributed by atoms with Crippen molar-refractivity contribution in [3.05, 3.63) is 35.4 Å². The zero-order valence-corrected chi connectivity index (χ0v) is 9.95. The number of halogens is 2. The Morgan fingerprint density at radius 2 is 1.94 bits per heavy atom. The van der Waals surface area contributed by atoms with E-state index in [0.717, 1.165) is 18.2 Å². The molecule has 2 atom stereocenters. The summed E-state index contributed by atoms with van der Waals surface area (Å²) in [6.07, 6.45) is 0. The molecule has 5 heteroatoms. The Morgan fingerprint density at radius 3 is 2.41 bits per heavy atom. The summed E-state index contributed by atoms with van der Waals surface area (Å²) in [4.78, 5) is 12.5. The summed E-state index contributed by atoms with van der Waals surface area (Å²) in [5.74, 6) is -3.06. The molecule has 0 spiro atoms. The van der Waals surface area contributed by atoms with Crippen molar-refractivity contribution in [2.45, 2.75) is 13.0 Å². The van der Waals surface area contributed by atoms with E-state index in [4.69, 9.17) is 5.11 Å². The summed E-state index contributed by atoms with van der Waals surface area (Å²) in [5.41, 5.74) is 0.0601. The summed E-state index contributed by atoms with van der Waals surface area (Å²) < 4.78 is 26.7. The Bertz CT molecular complexity index is 421. The van der Waals surface area contributed by atoms with Gasteiger partial charge in [0.15, 0.2) is 0 Å². The third-order valence-electron chi connectivity index (χ3n) is 2.70. The number of carboxylic acids is 1. The van der Waals surface area contributed by atoms with Gasteiger partial charge in [-0.15, -0.1) is 0 Å². The molecule has 2 unspecified atom stereocenters. The molecule has 0 saturated carbocycles. The van der Waals surface area contributed by atoms with Crippen molar-refractivity contribution in [1.82, 2.24) is 4.90 Å². The SMILES string of the molecule is CC(C(=O)O)C(c1cc(F)ccc1F)N(C)C. The molecule has 0 heterocycles. The van der Waals surface area contributed by atoms with Crippen molar-refractivity contribution in [2.75, 3.05) is 14.1 Å². The summed E-state index contributed by atoms with van der Waals surface area (Å²) in [6, 6.07) is 2.36. The minimum absolute atomic E-state index is 0.0601. The Balaban J connectivity index is 3.22. The summed E-state index contributed by atoms with van der Waals surface area (Å²) in [5, 5.41) is 8.98. The van der Waals surface area contributed by atoms with E-state index in [0.29, 0.717) is 0 Å². The van der Waals surface area contributed by atoms with Crippen LogP contribution in [0.5, 0.6) is 0 Å². The first-order chi connectivity index (χ1) is 7.84. The Labute approximate surface area is 98.7 Å². The zero-order chi connectivity index (χ0) is 13.2. The molecular formula is C12H15F2NO2. The highest BCUT2D eigenvalue weighted by Gasteiger charge is 2.29. The van der Waals surface area contributed by atoms with Crippen LogP contribution in [0.3, 0.4) is 0 Å². The third-order valence-corrected chi connectivity index (χ3v) is 2.70. The van der Waals surface area contributed by atoms with E-state index < -0.39 is 29.6 Å². The van der Waals surface area contributed by atoms with Crippen molar-refractivity contribution in [3.63, 3.8) is 0 Å². The van der Waals surface area contributed by atoms with Crippen LogP contribution in [-0.4, -0.2) is 30.1 Å². The highest BCUT2D eigenvalue weighted by atomic mass is 19.1. The molecule has 0 bridgehead atoms. The van der Waals surface area contributed by atoms with Gasteiger partial charge in [0.05, 0.1) is 12.0 Å². The second-order valence-electron chi connectivity index (χ2n) is 4.20. The lowest BCUT2D eigenvalue weighted by molar-refractivity contribution is -0.143. The number of aliphatic carboxylic acids is 1. The van der Waals surface area contributed by atoms with Gasteiger partial charge in [0.2, 0.25) is 0 Å². The molecule has 0 saturated heterocycles. The molecule has 0 radical (unpaired) electrons. The van der Waals surface area contributed by atoms with Crippen LogP contribution in [0.4, 0.5) is 8.78 Å². The summed E-state index contributed by atoms with van der Waals surface area (Å²) >= 11 is 0. The lowest BCUT2D eigenvalue weighted by Crippen LogP contribution is -2.31. The largest absolute Gasteiger partial charge is 0.481 e. The molecule has 3 nitrogen and oxygen atoms in total. The van der Waals surface area contributed by atoms with Crippen molar-refractivity contribution in [2.24, 2.45) is 5.92 Å². The van der Waals surface area contributed by atoms with Crippen LogP contribution < -0.4 is 0 Å². The van der Waals surface area contributed by atoms with Crippen LogP contribution >= 0.6 is 0 Å². The molecule has 0 aliphatic carbocycles. The predicted octanol–water partition coefficient (Wildman–Crippen LogP) is 2.29. The normalized spacial score (nSPS) is 14.7. The maximum absolute atomic E-state index is 13.6. The van der Waals surface area contributed by atoms with E-state index in [1.165, 1.54) is 6.92 Å². The van der Waals surface area contributed by atoms with Crippen LogP contribution in [0.25, 0.3) is 0 Å². The molecule has 0 aromatic heterocycles. The molecule has 0 aliphatic heterocycles. The number of nitrogens with zero attached hydrogens (tertiary/aromatic N) is 1. The topological polar surface area (TPSA) is 40.5 Å². The number of hydrogen-bond acceptors (Lipinski definition) is 2. The fourth-order valence-corrected chi connectivity index (χ4v) is 1.87. The van der Waals surface area contributed by atoms with Crippen molar-refractivity contribution in [3.8, 4) is 0 Å². The Hall–Kier alpha value is -1.49. The number of hydrogen-bond donors (Lipinski definition) is 1. The number of rotatable bonds is 4. The van der Waals surface area contributed by atoms with Crippen LogP contribution in [0.2, 0.25) is 0 Å². The predicted molar refractivity (Wildman–Crippen MR) is 59.6 cm³/mol. The minimum atomic E-state index is -1.05. The fourth-order valence-electron chi connectivity index (χ4n) is 1.87. The molecule has 94 valence electrons. The van der Waals surface area contributed by atoms with E-state index in [9.17, 15) is 13.6 Å². The maximum Gasteiger partial charge on any atom is 0.308 e.